The molecule has 118 valence electrons. The van der Waals surface area contributed by atoms with Crippen molar-refractivity contribution in [2.24, 2.45) is 5.73 Å². The lowest BCUT2D eigenvalue weighted by Gasteiger charge is -2.39. The van der Waals surface area contributed by atoms with Crippen molar-refractivity contribution < 1.29 is 13.2 Å². The van der Waals surface area contributed by atoms with Gasteiger partial charge in [0.1, 0.15) is 5.25 Å². The molecule has 0 spiro atoms. The van der Waals surface area contributed by atoms with Gasteiger partial charge in [0.05, 0.1) is 0 Å². The maximum atomic E-state index is 12.1. The number of amides is 1. The van der Waals surface area contributed by atoms with E-state index in [0.29, 0.717) is 25.7 Å². The van der Waals surface area contributed by atoms with Crippen LogP contribution in [0.5, 0.6) is 0 Å². The van der Waals surface area contributed by atoms with Gasteiger partial charge in [-0.05, 0) is 13.3 Å². The molecule has 1 aliphatic rings. The molecular formula is C13H27N3O3S. The lowest BCUT2D eigenvalue weighted by Crippen LogP contribution is -2.55. The van der Waals surface area contributed by atoms with E-state index in [-0.39, 0.29) is 5.91 Å². The van der Waals surface area contributed by atoms with E-state index in [9.17, 15) is 13.2 Å². The van der Waals surface area contributed by atoms with Crippen molar-refractivity contribution in [2.45, 2.75) is 38.0 Å². The van der Waals surface area contributed by atoms with Gasteiger partial charge in [-0.25, -0.2) is 8.42 Å². The summed E-state index contributed by atoms with van der Waals surface area (Å²) in [4.78, 5) is 16.1. The van der Waals surface area contributed by atoms with Crippen molar-refractivity contribution in [1.29, 1.82) is 0 Å². The van der Waals surface area contributed by atoms with Gasteiger partial charge in [-0.1, -0.05) is 13.3 Å². The number of hydrogen-bond acceptors (Lipinski definition) is 5. The van der Waals surface area contributed by atoms with Gasteiger partial charge in [-0.15, -0.1) is 0 Å². The quantitative estimate of drug-likeness (QED) is 0.728. The third-order valence-electron chi connectivity index (χ3n) is 4.03. The Bertz CT molecular complexity index is 417. The molecule has 0 aromatic rings. The molecule has 7 heteroatoms. The molecule has 2 atom stereocenters. The molecule has 2 N–H and O–H groups in total. The van der Waals surface area contributed by atoms with E-state index in [1.165, 1.54) is 6.92 Å². The summed E-state index contributed by atoms with van der Waals surface area (Å²) < 4.78 is 22.9. The summed E-state index contributed by atoms with van der Waals surface area (Å²) in [5.41, 5.74) is 5.79. The molecule has 6 nitrogen and oxygen atoms in total. The topological polar surface area (TPSA) is 83.7 Å². The van der Waals surface area contributed by atoms with E-state index in [4.69, 9.17) is 5.73 Å². The summed E-state index contributed by atoms with van der Waals surface area (Å²) in [6.45, 7) is 6.92. The summed E-state index contributed by atoms with van der Waals surface area (Å²) in [5.74, 6) is -0.285. The van der Waals surface area contributed by atoms with Gasteiger partial charge in [-0.3, -0.25) is 9.69 Å². The molecule has 0 saturated carbocycles. The van der Waals surface area contributed by atoms with Gasteiger partial charge in [-0.2, -0.15) is 0 Å². The monoisotopic (exact) mass is 305 g/mol. The van der Waals surface area contributed by atoms with Gasteiger partial charge in [0, 0.05) is 45.0 Å². The molecule has 1 fully saturated rings. The third-order valence-corrected chi connectivity index (χ3v) is 5.51. The lowest BCUT2D eigenvalue weighted by molar-refractivity contribution is -0.132. The first-order valence-corrected chi connectivity index (χ1v) is 9.18. The molecule has 1 aliphatic heterocycles. The Morgan fingerprint density at radius 3 is 2.20 bits per heavy atom. The molecule has 0 aromatic heterocycles. The highest BCUT2D eigenvalue weighted by atomic mass is 32.2. The van der Waals surface area contributed by atoms with Crippen LogP contribution in [0.25, 0.3) is 0 Å². The van der Waals surface area contributed by atoms with Crippen molar-refractivity contribution in [1.82, 2.24) is 9.80 Å². The second-order valence-electron chi connectivity index (χ2n) is 5.51. The largest absolute Gasteiger partial charge is 0.339 e. The minimum absolute atomic E-state index is 0.285. The van der Waals surface area contributed by atoms with Crippen LogP contribution in [0.1, 0.15) is 26.7 Å². The highest BCUT2D eigenvalue weighted by Gasteiger charge is 2.31. The first kappa shape index (κ1) is 17.4. The number of carbonyl (C=O) groups is 1. The Balaban J connectivity index is 2.56. The molecule has 1 amide bonds. The normalized spacial score (nSPS) is 20.7. The van der Waals surface area contributed by atoms with Crippen LogP contribution < -0.4 is 5.73 Å². The molecular weight excluding hydrogens is 278 g/mol. The fourth-order valence-electron chi connectivity index (χ4n) is 2.53. The van der Waals surface area contributed by atoms with E-state index >= 15 is 0 Å². The molecule has 0 aromatic carbocycles. The van der Waals surface area contributed by atoms with E-state index in [2.05, 4.69) is 11.8 Å². The molecule has 1 rings (SSSR count). The SMILES string of the molecule is CCCC(CN)N1CCN(C(=O)C(C)S(C)(=O)=O)CC1. The van der Waals surface area contributed by atoms with Gasteiger partial charge >= 0.3 is 0 Å². The molecule has 1 saturated heterocycles. The van der Waals surface area contributed by atoms with Gasteiger partial charge in [0.2, 0.25) is 5.91 Å². The van der Waals surface area contributed by atoms with E-state index in [1.54, 1.807) is 4.90 Å². The van der Waals surface area contributed by atoms with Crippen molar-refractivity contribution >= 4 is 15.7 Å². The number of hydrogen-bond donors (Lipinski definition) is 1. The van der Waals surface area contributed by atoms with E-state index in [0.717, 1.165) is 32.2 Å². The second kappa shape index (κ2) is 7.38. The Kier molecular flexibility index (Phi) is 6.42. The molecule has 1 heterocycles. The zero-order chi connectivity index (χ0) is 15.3. The van der Waals surface area contributed by atoms with Crippen LogP contribution in [0, 0.1) is 0 Å². The zero-order valence-electron chi connectivity index (χ0n) is 12.7. The van der Waals surface area contributed by atoms with Crippen LogP contribution in [-0.4, -0.2) is 74.4 Å². The fourth-order valence-corrected chi connectivity index (χ4v) is 3.05. The Labute approximate surface area is 122 Å². The summed E-state index contributed by atoms with van der Waals surface area (Å²) in [7, 11) is -3.32. The van der Waals surface area contributed by atoms with Crippen LogP contribution in [0.4, 0.5) is 0 Å². The molecule has 0 aliphatic carbocycles. The summed E-state index contributed by atoms with van der Waals surface area (Å²) in [6.07, 6.45) is 3.26. The van der Waals surface area contributed by atoms with Crippen LogP contribution in [0.3, 0.4) is 0 Å². The van der Waals surface area contributed by atoms with Crippen molar-refractivity contribution in [3.05, 3.63) is 0 Å². The standard InChI is InChI=1S/C13H27N3O3S/c1-4-5-12(10-14)15-6-8-16(9-7-15)13(17)11(2)20(3,18)19/h11-12H,4-10,14H2,1-3H3. The smallest absolute Gasteiger partial charge is 0.240 e. The lowest BCUT2D eigenvalue weighted by atomic mass is 10.1. The minimum Gasteiger partial charge on any atom is -0.339 e. The van der Waals surface area contributed by atoms with Gasteiger partial charge in [0.15, 0.2) is 9.84 Å². The Morgan fingerprint density at radius 2 is 1.80 bits per heavy atom. The first-order valence-electron chi connectivity index (χ1n) is 7.23. The Morgan fingerprint density at radius 1 is 1.25 bits per heavy atom. The number of rotatable bonds is 6. The van der Waals surface area contributed by atoms with E-state index in [1.807, 2.05) is 0 Å². The first-order chi connectivity index (χ1) is 9.31. The number of nitrogens with two attached hydrogens (primary N) is 1. The second-order valence-corrected chi connectivity index (χ2v) is 7.88. The van der Waals surface area contributed by atoms with Crippen LogP contribution in [0.15, 0.2) is 0 Å². The van der Waals surface area contributed by atoms with Gasteiger partial charge in [0.25, 0.3) is 0 Å². The Hall–Kier alpha value is -0.660. The van der Waals surface area contributed by atoms with Crippen LogP contribution >= 0.6 is 0 Å². The highest BCUT2D eigenvalue weighted by Crippen LogP contribution is 2.12. The maximum absolute atomic E-state index is 12.1. The van der Waals surface area contributed by atoms with Crippen molar-refractivity contribution in [3.8, 4) is 0 Å². The van der Waals surface area contributed by atoms with E-state index < -0.39 is 15.1 Å². The molecule has 20 heavy (non-hydrogen) atoms. The zero-order valence-corrected chi connectivity index (χ0v) is 13.5. The summed E-state index contributed by atoms with van der Waals surface area (Å²) in [6, 6.07) is 0.365. The maximum Gasteiger partial charge on any atom is 0.240 e. The van der Waals surface area contributed by atoms with Gasteiger partial charge < -0.3 is 10.6 Å². The minimum atomic E-state index is -3.32. The predicted octanol–water partition coefficient (Wildman–Crippen LogP) is -0.309. The number of nitrogens with zero attached hydrogens (tertiary/aromatic N) is 2. The fraction of sp³-hybridized carbons (Fsp3) is 0.923. The highest BCUT2D eigenvalue weighted by molar-refractivity contribution is 7.92. The summed E-state index contributed by atoms with van der Waals surface area (Å²) >= 11 is 0. The third kappa shape index (κ3) is 4.43. The summed E-state index contributed by atoms with van der Waals surface area (Å²) in [5, 5.41) is -0.949. The predicted molar refractivity (Wildman–Crippen MR) is 80.2 cm³/mol. The number of sulfone groups is 1. The number of carbonyl (C=O) groups excluding carboxylic acids is 1. The van der Waals surface area contributed by atoms with Crippen LogP contribution in [-0.2, 0) is 14.6 Å². The average Bonchev–Trinajstić information content (AvgIpc) is 2.42. The van der Waals surface area contributed by atoms with Crippen molar-refractivity contribution in [2.75, 3.05) is 39.0 Å². The van der Waals surface area contributed by atoms with Crippen LogP contribution in [0.2, 0.25) is 0 Å². The average molecular weight is 305 g/mol. The number of piperazine rings is 1. The van der Waals surface area contributed by atoms with Crippen molar-refractivity contribution in [3.63, 3.8) is 0 Å². The molecule has 0 bridgehead atoms. The molecule has 2 unspecified atom stereocenters. The molecule has 0 radical (unpaired) electrons.